The quantitative estimate of drug-likeness (QED) is 0.900. The van der Waals surface area contributed by atoms with E-state index in [1.165, 1.54) is 0 Å². The molecule has 0 saturated carbocycles. The van der Waals surface area contributed by atoms with Gasteiger partial charge in [0.25, 0.3) is 0 Å². The third-order valence-electron chi connectivity index (χ3n) is 5.98. The van der Waals surface area contributed by atoms with Crippen molar-refractivity contribution in [3.8, 4) is 0 Å². The molecule has 27 heavy (non-hydrogen) atoms. The lowest BCUT2D eigenvalue weighted by atomic mass is 9.76. The molecule has 144 valence electrons. The number of nitrogens with one attached hydrogen (secondary N) is 1. The minimum Gasteiger partial charge on any atom is -0.340 e. The molecule has 2 amide bonds. The number of urea groups is 1. The molecule has 1 atom stereocenters. The lowest BCUT2D eigenvalue weighted by Crippen LogP contribution is -2.47. The highest BCUT2D eigenvalue weighted by molar-refractivity contribution is 5.74. The lowest BCUT2D eigenvalue weighted by molar-refractivity contribution is 0.122. The second kappa shape index (κ2) is 7.31. The summed E-state index contributed by atoms with van der Waals surface area (Å²) in [7, 11) is 2.13. The Hall–Kier alpha value is -2.41. The van der Waals surface area contributed by atoms with E-state index in [9.17, 15) is 4.79 Å². The van der Waals surface area contributed by atoms with Crippen LogP contribution in [0.3, 0.4) is 0 Å². The number of nitrogens with zero attached hydrogens (tertiary/aromatic N) is 4. The third kappa shape index (κ3) is 3.83. The summed E-state index contributed by atoms with van der Waals surface area (Å²) in [5.41, 5.74) is 1.36. The van der Waals surface area contributed by atoms with Crippen LogP contribution >= 0.6 is 0 Å². The van der Waals surface area contributed by atoms with Crippen LogP contribution in [0.1, 0.15) is 42.6 Å². The van der Waals surface area contributed by atoms with Gasteiger partial charge >= 0.3 is 6.03 Å². The summed E-state index contributed by atoms with van der Waals surface area (Å²) in [4.78, 5) is 21.2. The number of hydrogen-bond acceptors (Lipinski definition) is 5. The molecular weight excluding hydrogens is 342 g/mol. The molecule has 0 aliphatic carbocycles. The number of benzene rings is 1. The molecule has 2 aliphatic rings. The number of aromatic nitrogens is 2. The average Bonchev–Trinajstić information content (AvgIpc) is 3.24. The predicted molar refractivity (Wildman–Crippen MR) is 101 cm³/mol. The fourth-order valence-corrected chi connectivity index (χ4v) is 4.44. The molecule has 0 bridgehead atoms. The molecule has 1 N–H and O–H groups in total. The molecule has 2 aromatic rings. The van der Waals surface area contributed by atoms with E-state index in [-0.39, 0.29) is 17.5 Å². The number of carbonyl (C=O) groups is 1. The van der Waals surface area contributed by atoms with Gasteiger partial charge in [-0.1, -0.05) is 35.5 Å². The van der Waals surface area contributed by atoms with Crippen molar-refractivity contribution in [1.82, 2.24) is 25.3 Å². The van der Waals surface area contributed by atoms with E-state index in [4.69, 9.17) is 4.52 Å². The Labute approximate surface area is 159 Å². The number of rotatable bonds is 3. The smallest absolute Gasteiger partial charge is 0.317 e. The van der Waals surface area contributed by atoms with Crippen LogP contribution in [0.15, 0.2) is 34.9 Å². The van der Waals surface area contributed by atoms with Gasteiger partial charge in [0.2, 0.25) is 5.89 Å². The molecule has 2 fully saturated rings. The first kappa shape index (κ1) is 18.0. The number of aryl methyl sites for hydroxylation is 1. The topological polar surface area (TPSA) is 74.5 Å². The average molecular weight is 369 g/mol. The Kier molecular flexibility index (Phi) is 4.86. The zero-order valence-corrected chi connectivity index (χ0v) is 16.0. The van der Waals surface area contributed by atoms with Gasteiger partial charge in [-0.3, -0.25) is 4.90 Å². The molecule has 0 radical (unpaired) electrons. The molecule has 4 rings (SSSR count). The van der Waals surface area contributed by atoms with Crippen molar-refractivity contribution in [2.24, 2.45) is 5.41 Å². The summed E-state index contributed by atoms with van der Waals surface area (Å²) in [6.07, 6.45) is 3.06. The summed E-state index contributed by atoms with van der Waals surface area (Å²) >= 11 is 0. The van der Waals surface area contributed by atoms with Gasteiger partial charge in [-0.05, 0) is 37.3 Å². The van der Waals surface area contributed by atoms with E-state index in [0.29, 0.717) is 12.4 Å². The van der Waals surface area contributed by atoms with Crippen LogP contribution in [0.4, 0.5) is 4.79 Å². The number of hydrogen-bond donors (Lipinski definition) is 1. The van der Waals surface area contributed by atoms with E-state index in [1.54, 1.807) is 0 Å². The molecule has 2 saturated heterocycles. The fraction of sp³-hybridized carbons (Fsp3) is 0.550. The first-order chi connectivity index (χ1) is 13.0. The van der Waals surface area contributed by atoms with Gasteiger partial charge in [-0.25, -0.2) is 4.79 Å². The number of amides is 2. The fourth-order valence-electron chi connectivity index (χ4n) is 4.44. The lowest BCUT2D eigenvalue weighted by Gasteiger charge is -2.39. The standard InChI is InChI=1S/C20H27N5O2/c1-15-22-18(23-27-15)17-12-20(14-24(17)2)8-10-25(11-9-20)19(26)21-13-16-6-4-3-5-7-16/h3-7,17H,8-14H2,1-2H3,(H,21,26). The molecule has 3 heterocycles. The normalized spacial score (nSPS) is 22.3. The maximum Gasteiger partial charge on any atom is 0.317 e. The molecule has 1 spiro atoms. The van der Waals surface area contributed by atoms with Crippen LogP contribution in [0.5, 0.6) is 0 Å². The van der Waals surface area contributed by atoms with Crippen LogP contribution in [0, 0.1) is 12.3 Å². The van der Waals surface area contributed by atoms with Gasteiger partial charge in [-0.15, -0.1) is 0 Å². The van der Waals surface area contributed by atoms with Crippen molar-refractivity contribution in [1.29, 1.82) is 0 Å². The Balaban J connectivity index is 1.31. The van der Waals surface area contributed by atoms with Gasteiger partial charge in [0.15, 0.2) is 5.82 Å². The van der Waals surface area contributed by atoms with Gasteiger partial charge < -0.3 is 14.7 Å². The number of piperidine rings is 1. The molecule has 7 nitrogen and oxygen atoms in total. The minimum absolute atomic E-state index is 0.0328. The van der Waals surface area contributed by atoms with E-state index in [1.807, 2.05) is 42.2 Å². The molecule has 1 unspecified atom stereocenters. The molecule has 1 aromatic heterocycles. The Morgan fingerprint density at radius 3 is 2.70 bits per heavy atom. The van der Waals surface area contributed by atoms with Crippen LogP contribution < -0.4 is 5.32 Å². The third-order valence-corrected chi connectivity index (χ3v) is 5.98. The second-order valence-electron chi connectivity index (χ2n) is 7.94. The monoisotopic (exact) mass is 369 g/mol. The highest BCUT2D eigenvalue weighted by Crippen LogP contribution is 2.47. The maximum atomic E-state index is 12.5. The van der Waals surface area contributed by atoms with Crippen LogP contribution in [-0.4, -0.2) is 52.7 Å². The van der Waals surface area contributed by atoms with Crippen LogP contribution in [0.2, 0.25) is 0 Å². The highest BCUT2D eigenvalue weighted by Gasteiger charge is 2.46. The summed E-state index contributed by atoms with van der Waals surface area (Å²) < 4.78 is 5.16. The Bertz CT molecular complexity index is 783. The summed E-state index contributed by atoms with van der Waals surface area (Å²) in [6.45, 7) is 5.01. The minimum atomic E-state index is 0.0328. The molecule has 1 aromatic carbocycles. The SMILES string of the molecule is Cc1nc(C2CC3(CCN(C(=O)NCc4ccccc4)CC3)CN2C)no1. The van der Waals surface area contributed by atoms with Crippen molar-refractivity contribution in [2.75, 3.05) is 26.7 Å². The second-order valence-corrected chi connectivity index (χ2v) is 7.94. The first-order valence-electron chi connectivity index (χ1n) is 9.62. The summed E-state index contributed by atoms with van der Waals surface area (Å²) in [5, 5.41) is 7.16. The van der Waals surface area contributed by atoms with Crippen molar-refractivity contribution in [3.63, 3.8) is 0 Å². The summed E-state index contributed by atoms with van der Waals surface area (Å²) in [6, 6.07) is 10.3. The largest absolute Gasteiger partial charge is 0.340 e. The number of carbonyl (C=O) groups excluding carboxylic acids is 1. The van der Waals surface area contributed by atoms with Gasteiger partial charge in [0, 0.05) is 33.1 Å². The summed E-state index contributed by atoms with van der Waals surface area (Å²) in [5.74, 6) is 1.40. The number of likely N-dealkylation sites (tertiary alicyclic amines) is 2. The maximum absolute atomic E-state index is 12.5. The Morgan fingerprint density at radius 2 is 2.04 bits per heavy atom. The van der Waals surface area contributed by atoms with E-state index < -0.39 is 0 Å². The van der Waals surface area contributed by atoms with Crippen molar-refractivity contribution < 1.29 is 9.32 Å². The zero-order valence-electron chi connectivity index (χ0n) is 16.0. The molecule has 7 heteroatoms. The van der Waals surface area contributed by atoms with Crippen molar-refractivity contribution in [2.45, 2.75) is 38.8 Å². The zero-order chi connectivity index (χ0) is 18.9. The molecular formula is C20H27N5O2. The van der Waals surface area contributed by atoms with Gasteiger partial charge in [0.1, 0.15) is 0 Å². The van der Waals surface area contributed by atoms with Crippen LogP contribution in [0.25, 0.3) is 0 Å². The predicted octanol–water partition coefficient (Wildman–Crippen LogP) is 2.75. The van der Waals surface area contributed by atoms with E-state index in [2.05, 4.69) is 27.4 Å². The van der Waals surface area contributed by atoms with Gasteiger partial charge in [-0.2, -0.15) is 4.98 Å². The highest BCUT2D eigenvalue weighted by atomic mass is 16.5. The Morgan fingerprint density at radius 1 is 1.30 bits per heavy atom. The molecule has 2 aliphatic heterocycles. The first-order valence-corrected chi connectivity index (χ1v) is 9.62. The van der Waals surface area contributed by atoms with Gasteiger partial charge in [0.05, 0.1) is 6.04 Å². The van der Waals surface area contributed by atoms with E-state index in [0.717, 1.165) is 50.3 Å². The van der Waals surface area contributed by atoms with Crippen molar-refractivity contribution >= 4 is 6.03 Å². The van der Waals surface area contributed by atoms with Crippen molar-refractivity contribution in [3.05, 3.63) is 47.6 Å². The van der Waals surface area contributed by atoms with Crippen LogP contribution in [-0.2, 0) is 6.54 Å². The van der Waals surface area contributed by atoms with E-state index >= 15 is 0 Å².